The molecule has 0 rings (SSSR count). The van der Waals surface area contributed by atoms with Gasteiger partial charge in [0.05, 0.1) is 0 Å². The largest absolute Gasteiger partial charge is 0.404 e. The maximum absolute atomic E-state index is 10.6. The predicted octanol–water partition coefficient (Wildman–Crippen LogP) is 0.828. The smallest absolute Gasteiger partial charge is 0.159 e. The number of hydrogen-bond donors (Lipinski definition) is 1. The number of ketones is 1. The normalized spacial score (nSPS) is 11.5. The maximum Gasteiger partial charge on any atom is 0.159 e. The molecule has 0 bridgehead atoms. The lowest BCUT2D eigenvalue weighted by Gasteiger charge is -1.90. The Morgan fingerprint density at radius 3 is 2.38 bits per heavy atom. The lowest BCUT2D eigenvalue weighted by atomic mass is 10.2. The third kappa shape index (κ3) is 1.78. The van der Waals surface area contributed by atoms with Crippen LogP contribution >= 0.6 is 0 Å². The van der Waals surface area contributed by atoms with Crippen LogP contribution in [0.3, 0.4) is 0 Å². The molecule has 2 N–H and O–H groups in total. The fourth-order valence-electron chi connectivity index (χ4n) is 0.372. The molecule has 0 saturated heterocycles. The lowest BCUT2D eigenvalue weighted by molar-refractivity contribution is -0.115. The fourth-order valence-corrected chi connectivity index (χ4v) is 0.372. The summed E-state index contributed by atoms with van der Waals surface area (Å²) in [6, 6.07) is 0. The first-order valence-electron chi connectivity index (χ1n) is 2.64. The van der Waals surface area contributed by atoms with E-state index < -0.39 is 0 Å². The molecule has 0 aromatic rings. The van der Waals surface area contributed by atoms with Crippen molar-refractivity contribution >= 4 is 5.78 Å². The molecule has 0 aliphatic carbocycles. The average molecular weight is 113 g/mol. The number of carbonyl (C=O) groups is 1. The van der Waals surface area contributed by atoms with Gasteiger partial charge >= 0.3 is 0 Å². The van der Waals surface area contributed by atoms with E-state index >= 15 is 0 Å². The van der Waals surface area contributed by atoms with Crippen LogP contribution in [0.15, 0.2) is 11.8 Å². The van der Waals surface area contributed by atoms with E-state index in [0.29, 0.717) is 12.0 Å². The highest BCUT2D eigenvalue weighted by atomic mass is 16.1. The molecule has 0 radical (unpaired) electrons. The Hall–Kier alpha value is -0.790. The van der Waals surface area contributed by atoms with Crippen molar-refractivity contribution in [3.05, 3.63) is 11.8 Å². The third-order valence-electron chi connectivity index (χ3n) is 1.01. The summed E-state index contributed by atoms with van der Waals surface area (Å²) in [7, 11) is 0. The Bertz CT molecular complexity index is 116. The quantitative estimate of drug-likeness (QED) is 0.539. The van der Waals surface area contributed by atoms with Crippen LogP contribution in [0.1, 0.15) is 20.3 Å². The Kier molecular flexibility index (Phi) is 2.92. The summed E-state index contributed by atoms with van der Waals surface area (Å²) in [5, 5.41) is 0. The van der Waals surface area contributed by atoms with E-state index in [-0.39, 0.29) is 5.78 Å². The van der Waals surface area contributed by atoms with Crippen LogP contribution in [0.2, 0.25) is 0 Å². The first-order valence-corrected chi connectivity index (χ1v) is 2.64. The average Bonchev–Trinajstić information content (AvgIpc) is 1.84. The molecule has 46 valence electrons. The molecule has 0 heterocycles. The SMILES string of the molecule is CCC(=O)/C(C)=C/N. The van der Waals surface area contributed by atoms with Gasteiger partial charge in [0.2, 0.25) is 0 Å². The van der Waals surface area contributed by atoms with Crippen LogP contribution in [0.5, 0.6) is 0 Å². The Morgan fingerprint density at radius 1 is 1.75 bits per heavy atom. The Labute approximate surface area is 49.4 Å². The fraction of sp³-hybridized carbons (Fsp3) is 0.500. The van der Waals surface area contributed by atoms with Crippen LogP contribution in [-0.2, 0) is 4.79 Å². The second-order valence-corrected chi connectivity index (χ2v) is 1.63. The van der Waals surface area contributed by atoms with Crippen LogP contribution in [0.25, 0.3) is 0 Å². The van der Waals surface area contributed by atoms with Gasteiger partial charge < -0.3 is 5.73 Å². The summed E-state index contributed by atoms with van der Waals surface area (Å²) < 4.78 is 0. The second kappa shape index (κ2) is 3.24. The van der Waals surface area contributed by atoms with Gasteiger partial charge in [-0.2, -0.15) is 0 Å². The highest BCUT2D eigenvalue weighted by Crippen LogP contribution is 1.93. The minimum absolute atomic E-state index is 0.118. The molecule has 0 fully saturated rings. The summed E-state index contributed by atoms with van der Waals surface area (Å²) >= 11 is 0. The van der Waals surface area contributed by atoms with Gasteiger partial charge in [-0.1, -0.05) is 6.92 Å². The van der Waals surface area contributed by atoms with Gasteiger partial charge in [-0.3, -0.25) is 4.79 Å². The summed E-state index contributed by atoms with van der Waals surface area (Å²) in [4.78, 5) is 10.6. The summed E-state index contributed by atoms with van der Waals surface area (Å²) in [6.45, 7) is 3.53. The number of rotatable bonds is 2. The van der Waals surface area contributed by atoms with E-state index in [4.69, 9.17) is 5.73 Å². The highest BCUT2D eigenvalue weighted by Gasteiger charge is 1.96. The number of allylic oxidation sites excluding steroid dienone is 1. The van der Waals surface area contributed by atoms with Crippen molar-refractivity contribution < 1.29 is 4.79 Å². The molecular weight excluding hydrogens is 102 g/mol. The van der Waals surface area contributed by atoms with Crippen LogP contribution < -0.4 is 5.73 Å². The summed E-state index contributed by atoms with van der Waals surface area (Å²) in [5.74, 6) is 0.118. The molecule has 0 amide bonds. The molecular formula is C6H11NO. The Morgan fingerprint density at radius 2 is 2.25 bits per heavy atom. The van der Waals surface area contributed by atoms with E-state index in [1.54, 1.807) is 6.92 Å². The van der Waals surface area contributed by atoms with Crippen molar-refractivity contribution in [1.29, 1.82) is 0 Å². The van der Waals surface area contributed by atoms with Crippen LogP contribution in [-0.4, -0.2) is 5.78 Å². The van der Waals surface area contributed by atoms with Crippen molar-refractivity contribution in [2.75, 3.05) is 0 Å². The predicted molar refractivity (Wildman–Crippen MR) is 33.2 cm³/mol. The number of Topliss-reactive ketones (excluding diaryl/α,β-unsaturated/α-hetero) is 1. The molecule has 0 atom stereocenters. The van der Waals surface area contributed by atoms with Crippen molar-refractivity contribution in [2.24, 2.45) is 5.73 Å². The second-order valence-electron chi connectivity index (χ2n) is 1.63. The molecule has 2 nitrogen and oxygen atoms in total. The molecule has 0 unspecified atom stereocenters. The van der Waals surface area contributed by atoms with Gasteiger partial charge in [-0.05, 0) is 6.92 Å². The van der Waals surface area contributed by atoms with E-state index in [0.717, 1.165) is 0 Å². The van der Waals surface area contributed by atoms with Crippen molar-refractivity contribution in [2.45, 2.75) is 20.3 Å². The molecule has 0 aliphatic heterocycles. The van der Waals surface area contributed by atoms with Crippen LogP contribution in [0, 0.1) is 0 Å². The van der Waals surface area contributed by atoms with Gasteiger partial charge in [0.25, 0.3) is 0 Å². The van der Waals surface area contributed by atoms with Gasteiger partial charge in [0, 0.05) is 18.2 Å². The molecule has 0 aliphatic rings. The molecule has 0 saturated carbocycles. The topological polar surface area (TPSA) is 43.1 Å². The minimum atomic E-state index is 0.118. The zero-order valence-electron chi connectivity index (χ0n) is 5.27. The summed E-state index contributed by atoms with van der Waals surface area (Å²) in [5.41, 5.74) is 5.71. The first-order chi connectivity index (χ1) is 3.72. The molecule has 2 heteroatoms. The standard InChI is InChI=1S/C6H11NO/c1-3-6(8)5(2)4-7/h4H,3,7H2,1-2H3/b5-4+. The van der Waals surface area contributed by atoms with Crippen molar-refractivity contribution in [3.8, 4) is 0 Å². The third-order valence-corrected chi connectivity index (χ3v) is 1.01. The molecule has 0 aromatic heterocycles. The van der Waals surface area contributed by atoms with E-state index in [9.17, 15) is 4.79 Å². The number of carbonyl (C=O) groups excluding carboxylic acids is 1. The zero-order chi connectivity index (χ0) is 6.57. The molecule has 8 heavy (non-hydrogen) atoms. The van der Waals surface area contributed by atoms with Gasteiger partial charge in [-0.25, -0.2) is 0 Å². The van der Waals surface area contributed by atoms with E-state index in [2.05, 4.69) is 0 Å². The Balaban J connectivity index is 3.83. The minimum Gasteiger partial charge on any atom is -0.404 e. The zero-order valence-corrected chi connectivity index (χ0v) is 5.27. The monoisotopic (exact) mass is 113 g/mol. The van der Waals surface area contributed by atoms with E-state index in [1.165, 1.54) is 6.20 Å². The number of hydrogen-bond acceptors (Lipinski definition) is 2. The number of nitrogens with two attached hydrogens (primary N) is 1. The van der Waals surface area contributed by atoms with Crippen molar-refractivity contribution in [1.82, 2.24) is 0 Å². The van der Waals surface area contributed by atoms with Gasteiger partial charge in [0.1, 0.15) is 0 Å². The molecule has 0 aromatic carbocycles. The van der Waals surface area contributed by atoms with Gasteiger partial charge in [-0.15, -0.1) is 0 Å². The molecule has 0 spiro atoms. The maximum atomic E-state index is 10.6. The van der Waals surface area contributed by atoms with Gasteiger partial charge in [0.15, 0.2) is 5.78 Å². The first kappa shape index (κ1) is 7.21. The van der Waals surface area contributed by atoms with Crippen molar-refractivity contribution in [3.63, 3.8) is 0 Å². The highest BCUT2D eigenvalue weighted by molar-refractivity contribution is 5.94. The summed E-state index contributed by atoms with van der Waals surface area (Å²) in [6.07, 6.45) is 1.88. The van der Waals surface area contributed by atoms with Crippen LogP contribution in [0.4, 0.5) is 0 Å². The van der Waals surface area contributed by atoms with E-state index in [1.807, 2.05) is 6.92 Å². The lowest BCUT2D eigenvalue weighted by Crippen LogP contribution is -1.98.